The molecule has 1 N–H and O–H groups in total. The molecule has 0 aromatic heterocycles. The summed E-state index contributed by atoms with van der Waals surface area (Å²) in [7, 11) is 0. The molecule has 0 saturated heterocycles. The largest absolute Gasteiger partial charge is 0.324 e. The quantitative estimate of drug-likeness (QED) is 0.620. The van der Waals surface area contributed by atoms with Gasteiger partial charge in [0.15, 0.2) is 0 Å². The summed E-state index contributed by atoms with van der Waals surface area (Å²) in [4.78, 5) is 27.7. The molecule has 2 amide bonds. The number of benzene rings is 3. The van der Waals surface area contributed by atoms with Crippen LogP contribution in [-0.4, -0.2) is 23.3 Å². The van der Waals surface area contributed by atoms with Gasteiger partial charge >= 0.3 is 0 Å². The molecule has 4 rings (SSSR count). The van der Waals surface area contributed by atoms with Crippen LogP contribution in [0.2, 0.25) is 0 Å². The Morgan fingerprint density at radius 2 is 1.75 bits per heavy atom. The van der Waals surface area contributed by atoms with Gasteiger partial charge in [0.1, 0.15) is 6.54 Å². The van der Waals surface area contributed by atoms with Gasteiger partial charge < -0.3 is 10.2 Å². The number of halogens is 1. The maximum absolute atomic E-state index is 13.4. The van der Waals surface area contributed by atoms with E-state index in [2.05, 4.69) is 21.2 Å². The predicted molar refractivity (Wildman–Crippen MR) is 113 cm³/mol. The molecule has 1 heterocycles. The number of rotatable bonds is 2. The Hall–Kier alpha value is -2.92. The molecule has 0 spiro atoms. The number of anilines is 1. The number of hydrogen-bond donors (Lipinski definition) is 1. The molecule has 1 atom stereocenters. The molecule has 140 valence electrons. The highest BCUT2D eigenvalue weighted by atomic mass is 79.9. The van der Waals surface area contributed by atoms with Gasteiger partial charge in [-0.3, -0.25) is 9.59 Å². The lowest BCUT2D eigenvalue weighted by Crippen LogP contribution is -2.39. The first-order chi connectivity index (χ1) is 13.5. The Bertz CT molecular complexity index is 1030. The highest BCUT2D eigenvalue weighted by molar-refractivity contribution is 9.10. The second-order valence-corrected chi connectivity index (χ2v) is 7.81. The lowest BCUT2D eigenvalue weighted by atomic mass is 9.95. The van der Waals surface area contributed by atoms with Crippen LogP contribution in [0, 0.1) is 6.92 Å². The average Bonchev–Trinajstić information content (AvgIpc) is 2.84. The zero-order valence-corrected chi connectivity index (χ0v) is 16.9. The van der Waals surface area contributed by atoms with Crippen molar-refractivity contribution in [1.29, 1.82) is 0 Å². The number of fused-ring (bicyclic) bond motifs is 1. The zero-order chi connectivity index (χ0) is 19.7. The van der Waals surface area contributed by atoms with Crippen molar-refractivity contribution in [3.63, 3.8) is 0 Å². The van der Waals surface area contributed by atoms with Crippen molar-refractivity contribution in [1.82, 2.24) is 4.90 Å². The van der Waals surface area contributed by atoms with Crippen LogP contribution in [0.15, 0.2) is 77.3 Å². The molecule has 0 radical (unpaired) electrons. The topological polar surface area (TPSA) is 49.4 Å². The number of hydrogen-bond acceptors (Lipinski definition) is 2. The minimum atomic E-state index is -0.374. The number of amides is 2. The van der Waals surface area contributed by atoms with Crippen LogP contribution < -0.4 is 5.32 Å². The number of nitrogens with one attached hydrogen (secondary N) is 1. The lowest BCUT2D eigenvalue weighted by molar-refractivity contribution is -0.117. The molecule has 3 aromatic carbocycles. The molecule has 3 aromatic rings. The van der Waals surface area contributed by atoms with Crippen molar-refractivity contribution in [2.24, 2.45) is 0 Å². The fourth-order valence-electron chi connectivity index (χ4n) is 3.52. The van der Waals surface area contributed by atoms with Crippen LogP contribution in [-0.2, 0) is 4.79 Å². The van der Waals surface area contributed by atoms with Crippen LogP contribution in [0.3, 0.4) is 0 Å². The summed E-state index contributed by atoms with van der Waals surface area (Å²) in [6, 6.07) is 22.6. The van der Waals surface area contributed by atoms with Crippen molar-refractivity contribution in [2.45, 2.75) is 13.0 Å². The highest BCUT2D eigenvalue weighted by Gasteiger charge is 2.34. The van der Waals surface area contributed by atoms with Crippen LogP contribution >= 0.6 is 15.9 Å². The van der Waals surface area contributed by atoms with E-state index in [1.54, 1.807) is 4.90 Å². The summed E-state index contributed by atoms with van der Waals surface area (Å²) in [6.45, 7) is 1.97. The summed E-state index contributed by atoms with van der Waals surface area (Å²) < 4.78 is 0.895. The molecule has 1 aliphatic heterocycles. The van der Waals surface area contributed by atoms with Crippen molar-refractivity contribution < 1.29 is 9.59 Å². The normalized spacial score (nSPS) is 16.1. The van der Waals surface area contributed by atoms with E-state index in [1.165, 1.54) is 0 Å². The van der Waals surface area contributed by atoms with E-state index in [1.807, 2.05) is 79.7 Å². The first kappa shape index (κ1) is 18.4. The van der Waals surface area contributed by atoms with Gasteiger partial charge in [0.2, 0.25) is 5.91 Å². The summed E-state index contributed by atoms with van der Waals surface area (Å²) in [5.74, 6) is -0.376. The molecular weight excluding hydrogens is 416 g/mol. The third-order valence-corrected chi connectivity index (χ3v) is 5.38. The Morgan fingerprint density at radius 3 is 2.46 bits per heavy atom. The summed E-state index contributed by atoms with van der Waals surface area (Å²) in [5, 5.41) is 2.94. The minimum absolute atomic E-state index is 0.0153. The van der Waals surface area contributed by atoms with Crippen molar-refractivity contribution in [2.75, 3.05) is 11.9 Å². The van der Waals surface area contributed by atoms with Crippen LogP contribution in [0.4, 0.5) is 5.69 Å². The Labute approximate surface area is 172 Å². The van der Waals surface area contributed by atoms with E-state index in [0.717, 1.165) is 26.9 Å². The lowest BCUT2D eigenvalue weighted by Gasteiger charge is -2.30. The van der Waals surface area contributed by atoms with Gasteiger partial charge in [-0.25, -0.2) is 0 Å². The van der Waals surface area contributed by atoms with E-state index in [4.69, 9.17) is 0 Å². The third kappa shape index (κ3) is 3.58. The van der Waals surface area contributed by atoms with E-state index in [9.17, 15) is 9.59 Å². The van der Waals surface area contributed by atoms with Gasteiger partial charge in [-0.2, -0.15) is 0 Å². The standard InChI is InChI=1S/C23H19BrN2O2/c1-15-7-9-17(10-8-15)23(28)26-14-21(27)25-20-12-11-18(24)13-19(20)22(26)16-5-3-2-4-6-16/h2-13,22H,14H2,1H3,(H,25,27). The molecule has 28 heavy (non-hydrogen) atoms. The zero-order valence-electron chi connectivity index (χ0n) is 15.4. The Balaban J connectivity index is 1.88. The van der Waals surface area contributed by atoms with Gasteiger partial charge in [0, 0.05) is 21.3 Å². The van der Waals surface area contributed by atoms with Crippen LogP contribution in [0.5, 0.6) is 0 Å². The maximum Gasteiger partial charge on any atom is 0.255 e. The van der Waals surface area contributed by atoms with E-state index in [-0.39, 0.29) is 24.4 Å². The van der Waals surface area contributed by atoms with Gasteiger partial charge in [-0.15, -0.1) is 0 Å². The number of aryl methyl sites for hydroxylation is 1. The molecule has 0 fully saturated rings. The second kappa shape index (κ2) is 7.60. The summed E-state index contributed by atoms with van der Waals surface area (Å²) in [6.07, 6.45) is 0. The molecular formula is C23H19BrN2O2. The molecule has 5 heteroatoms. The highest BCUT2D eigenvalue weighted by Crippen LogP contribution is 2.37. The Kier molecular flexibility index (Phi) is 5.01. The summed E-state index contributed by atoms with van der Waals surface area (Å²) >= 11 is 3.52. The first-order valence-electron chi connectivity index (χ1n) is 9.05. The fraction of sp³-hybridized carbons (Fsp3) is 0.130. The molecule has 0 bridgehead atoms. The maximum atomic E-state index is 13.4. The SMILES string of the molecule is Cc1ccc(C(=O)N2CC(=O)Nc3ccc(Br)cc3C2c2ccccc2)cc1. The van der Waals surface area contributed by atoms with E-state index >= 15 is 0 Å². The molecule has 0 saturated carbocycles. The van der Waals surface area contributed by atoms with Crippen LogP contribution in [0.25, 0.3) is 0 Å². The van der Waals surface area contributed by atoms with Crippen molar-refractivity contribution >= 4 is 33.4 Å². The number of carbonyl (C=O) groups is 2. The van der Waals surface area contributed by atoms with E-state index < -0.39 is 0 Å². The monoisotopic (exact) mass is 434 g/mol. The third-order valence-electron chi connectivity index (χ3n) is 4.88. The number of carbonyl (C=O) groups excluding carboxylic acids is 2. The predicted octanol–water partition coefficient (Wildman–Crippen LogP) is 4.94. The number of nitrogens with zero attached hydrogens (tertiary/aromatic N) is 1. The second-order valence-electron chi connectivity index (χ2n) is 6.89. The van der Waals surface area contributed by atoms with Gasteiger partial charge in [0.25, 0.3) is 5.91 Å². The van der Waals surface area contributed by atoms with Crippen molar-refractivity contribution in [3.05, 3.63) is 99.5 Å². The minimum Gasteiger partial charge on any atom is -0.324 e. The molecule has 0 aliphatic carbocycles. The Morgan fingerprint density at radius 1 is 1.04 bits per heavy atom. The fourth-order valence-corrected chi connectivity index (χ4v) is 3.90. The smallest absolute Gasteiger partial charge is 0.255 e. The summed E-state index contributed by atoms with van der Waals surface area (Å²) in [5.41, 5.74) is 4.21. The van der Waals surface area contributed by atoms with Gasteiger partial charge in [0.05, 0.1) is 6.04 Å². The van der Waals surface area contributed by atoms with Gasteiger partial charge in [-0.05, 0) is 42.8 Å². The van der Waals surface area contributed by atoms with E-state index in [0.29, 0.717) is 5.56 Å². The molecule has 1 unspecified atom stereocenters. The molecule has 1 aliphatic rings. The van der Waals surface area contributed by atoms with Gasteiger partial charge in [-0.1, -0.05) is 64.0 Å². The van der Waals surface area contributed by atoms with Crippen molar-refractivity contribution in [3.8, 4) is 0 Å². The molecule has 4 nitrogen and oxygen atoms in total. The van der Waals surface area contributed by atoms with Crippen LogP contribution in [0.1, 0.15) is 33.1 Å². The average molecular weight is 435 g/mol. The first-order valence-corrected chi connectivity index (χ1v) is 9.84.